The van der Waals surface area contributed by atoms with Gasteiger partial charge in [-0.05, 0) is 18.9 Å². The largest absolute Gasteiger partial charge is 0.339 e. The predicted molar refractivity (Wildman–Crippen MR) is 72.5 cm³/mol. The minimum absolute atomic E-state index is 0.148. The highest BCUT2D eigenvalue weighted by molar-refractivity contribution is 6.31. The van der Waals surface area contributed by atoms with Crippen molar-refractivity contribution in [2.45, 2.75) is 25.7 Å². The van der Waals surface area contributed by atoms with Crippen molar-refractivity contribution in [1.82, 2.24) is 4.90 Å². The van der Waals surface area contributed by atoms with Gasteiger partial charge < -0.3 is 4.90 Å². The summed E-state index contributed by atoms with van der Waals surface area (Å²) in [6.45, 7) is 1.41. The Morgan fingerprint density at radius 2 is 1.79 bits per heavy atom. The van der Waals surface area contributed by atoms with Crippen molar-refractivity contribution in [2.75, 3.05) is 13.1 Å². The number of nitrogens with zero attached hydrogens (tertiary/aromatic N) is 2. The second-order valence-electron chi connectivity index (χ2n) is 4.66. The lowest BCUT2D eigenvalue weighted by molar-refractivity contribution is -0.384. The number of likely N-dealkylation sites (tertiary alicyclic amines) is 1. The van der Waals surface area contributed by atoms with Crippen LogP contribution in [0.1, 0.15) is 36.0 Å². The van der Waals surface area contributed by atoms with Gasteiger partial charge in [-0.25, -0.2) is 0 Å². The van der Waals surface area contributed by atoms with Crippen LogP contribution in [0.4, 0.5) is 5.69 Å². The van der Waals surface area contributed by atoms with Crippen LogP contribution in [0.5, 0.6) is 0 Å². The predicted octanol–water partition coefficient (Wildman–Crippen LogP) is 3.26. The van der Waals surface area contributed by atoms with Gasteiger partial charge in [-0.1, -0.05) is 24.4 Å². The molecule has 0 N–H and O–H groups in total. The molecule has 1 aromatic rings. The molecule has 0 unspecified atom stereocenters. The van der Waals surface area contributed by atoms with Crippen LogP contribution in [0.15, 0.2) is 18.2 Å². The minimum Gasteiger partial charge on any atom is -0.339 e. The summed E-state index contributed by atoms with van der Waals surface area (Å²) in [5, 5.41) is 11.0. The van der Waals surface area contributed by atoms with Gasteiger partial charge in [-0.2, -0.15) is 0 Å². The van der Waals surface area contributed by atoms with Crippen molar-refractivity contribution < 1.29 is 9.72 Å². The Balaban J connectivity index is 2.24. The van der Waals surface area contributed by atoms with Gasteiger partial charge in [-0.15, -0.1) is 0 Å². The molecule has 1 aromatic carbocycles. The van der Waals surface area contributed by atoms with E-state index in [1.807, 2.05) is 0 Å². The number of amides is 1. The van der Waals surface area contributed by atoms with Gasteiger partial charge in [0.25, 0.3) is 11.6 Å². The third-order valence-electron chi connectivity index (χ3n) is 3.23. The SMILES string of the molecule is O=C(c1cc(Cl)cc([N+](=O)[O-])c1)N1CCCCCC1. The minimum atomic E-state index is -0.537. The molecular formula is C13H15ClN2O3. The molecule has 6 heteroatoms. The highest BCUT2D eigenvalue weighted by Crippen LogP contribution is 2.22. The summed E-state index contributed by atoms with van der Waals surface area (Å²) in [5.74, 6) is -0.174. The highest BCUT2D eigenvalue weighted by Gasteiger charge is 2.20. The van der Waals surface area contributed by atoms with Crippen molar-refractivity contribution >= 4 is 23.2 Å². The lowest BCUT2D eigenvalue weighted by atomic mass is 10.1. The summed E-state index contributed by atoms with van der Waals surface area (Å²) < 4.78 is 0. The van der Waals surface area contributed by atoms with Gasteiger partial charge in [0, 0.05) is 35.8 Å². The van der Waals surface area contributed by atoms with Gasteiger partial charge >= 0.3 is 0 Å². The fourth-order valence-corrected chi connectivity index (χ4v) is 2.49. The normalized spacial score (nSPS) is 15.9. The van der Waals surface area contributed by atoms with E-state index in [-0.39, 0.29) is 16.6 Å². The van der Waals surface area contributed by atoms with Gasteiger partial charge in [0.05, 0.1) is 4.92 Å². The second-order valence-corrected chi connectivity index (χ2v) is 5.10. The summed E-state index contributed by atoms with van der Waals surface area (Å²) in [4.78, 5) is 24.3. The number of carbonyl (C=O) groups excluding carboxylic acids is 1. The first-order chi connectivity index (χ1) is 9.08. The van der Waals surface area contributed by atoms with E-state index in [1.54, 1.807) is 4.90 Å². The average Bonchev–Trinajstić information content (AvgIpc) is 2.65. The average molecular weight is 283 g/mol. The van der Waals surface area contributed by atoms with Gasteiger partial charge in [0.1, 0.15) is 0 Å². The fraction of sp³-hybridized carbons (Fsp3) is 0.462. The molecule has 19 heavy (non-hydrogen) atoms. The molecule has 1 fully saturated rings. The maximum Gasteiger partial charge on any atom is 0.271 e. The van der Waals surface area contributed by atoms with Crippen LogP contribution in [0.3, 0.4) is 0 Å². The highest BCUT2D eigenvalue weighted by atomic mass is 35.5. The molecule has 2 rings (SSSR count). The number of nitro groups is 1. The number of benzene rings is 1. The van der Waals surface area contributed by atoms with Crippen molar-refractivity contribution in [2.24, 2.45) is 0 Å². The maximum absolute atomic E-state index is 12.3. The van der Waals surface area contributed by atoms with Gasteiger partial charge in [0.15, 0.2) is 0 Å². The van der Waals surface area contributed by atoms with Crippen molar-refractivity contribution in [3.05, 3.63) is 38.9 Å². The molecule has 0 spiro atoms. The zero-order valence-electron chi connectivity index (χ0n) is 10.5. The molecule has 0 saturated carbocycles. The van der Waals surface area contributed by atoms with E-state index >= 15 is 0 Å². The van der Waals surface area contributed by atoms with E-state index in [9.17, 15) is 14.9 Å². The number of rotatable bonds is 2. The number of nitro benzene ring substituents is 1. The molecule has 0 atom stereocenters. The van der Waals surface area contributed by atoms with Crippen molar-refractivity contribution in [3.8, 4) is 0 Å². The van der Waals surface area contributed by atoms with E-state index < -0.39 is 4.92 Å². The van der Waals surface area contributed by atoms with E-state index in [1.165, 1.54) is 18.2 Å². The van der Waals surface area contributed by atoms with Gasteiger partial charge in [-0.3, -0.25) is 14.9 Å². The standard InChI is InChI=1S/C13H15ClN2O3/c14-11-7-10(8-12(9-11)16(18)19)13(17)15-5-3-1-2-4-6-15/h7-9H,1-6H2. The number of carbonyl (C=O) groups is 1. The van der Waals surface area contributed by atoms with Crippen LogP contribution in [-0.2, 0) is 0 Å². The second kappa shape index (κ2) is 6.02. The molecule has 1 saturated heterocycles. The molecule has 0 aromatic heterocycles. The Bertz CT molecular complexity index is 497. The monoisotopic (exact) mass is 282 g/mol. The Morgan fingerprint density at radius 1 is 1.16 bits per heavy atom. The molecule has 1 amide bonds. The summed E-state index contributed by atoms with van der Waals surface area (Å²) >= 11 is 5.83. The smallest absolute Gasteiger partial charge is 0.271 e. The first-order valence-corrected chi connectivity index (χ1v) is 6.70. The van der Waals surface area contributed by atoms with E-state index in [2.05, 4.69) is 0 Å². The Morgan fingerprint density at radius 3 is 2.37 bits per heavy atom. The van der Waals surface area contributed by atoms with E-state index in [0.717, 1.165) is 25.7 Å². The quantitative estimate of drug-likeness (QED) is 0.618. The van der Waals surface area contributed by atoms with E-state index in [0.29, 0.717) is 18.7 Å². The number of halogens is 1. The lowest BCUT2D eigenvalue weighted by Gasteiger charge is -2.20. The number of non-ortho nitro benzene ring substituents is 1. The van der Waals surface area contributed by atoms with Crippen LogP contribution in [0.2, 0.25) is 5.02 Å². The first kappa shape index (κ1) is 13.8. The van der Waals surface area contributed by atoms with Crippen molar-refractivity contribution in [1.29, 1.82) is 0 Å². The van der Waals surface area contributed by atoms with Crippen LogP contribution in [-0.4, -0.2) is 28.8 Å². The fourth-order valence-electron chi connectivity index (χ4n) is 2.26. The zero-order chi connectivity index (χ0) is 13.8. The molecule has 1 heterocycles. The topological polar surface area (TPSA) is 63.4 Å². The maximum atomic E-state index is 12.3. The molecule has 1 aliphatic rings. The van der Waals surface area contributed by atoms with Crippen LogP contribution < -0.4 is 0 Å². The summed E-state index contributed by atoms with van der Waals surface area (Å²) in [5.41, 5.74) is 0.145. The molecule has 0 radical (unpaired) electrons. The summed E-state index contributed by atoms with van der Waals surface area (Å²) in [6.07, 6.45) is 4.21. The lowest BCUT2D eigenvalue weighted by Crippen LogP contribution is -2.31. The molecular weight excluding hydrogens is 268 g/mol. The Hall–Kier alpha value is -1.62. The number of hydrogen-bond donors (Lipinski definition) is 0. The third kappa shape index (κ3) is 3.44. The molecule has 102 valence electrons. The molecule has 0 bridgehead atoms. The van der Waals surface area contributed by atoms with Gasteiger partial charge in [0.2, 0.25) is 0 Å². The zero-order valence-corrected chi connectivity index (χ0v) is 11.2. The molecule has 0 aliphatic carbocycles. The van der Waals surface area contributed by atoms with Crippen molar-refractivity contribution in [3.63, 3.8) is 0 Å². The van der Waals surface area contributed by atoms with Crippen LogP contribution in [0, 0.1) is 10.1 Å². The Labute approximate surface area is 116 Å². The molecule has 5 nitrogen and oxygen atoms in total. The Kier molecular flexibility index (Phi) is 4.37. The third-order valence-corrected chi connectivity index (χ3v) is 3.45. The summed E-state index contributed by atoms with van der Waals surface area (Å²) in [7, 11) is 0. The summed E-state index contributed by atoms with van der Waals surface area (Å²) in [6, 6.07) is 4.03. The number of hydrogen-bond acceptors (Lipinski definition) is 3. The first-order valence-electron chi connectivity index (χ1n) is 6.32. The van der Waals surface area contributed by atoms with Crippen LogP contribution >= 0.6 is 11.6 Å². The molecule has 1 aliphatic heterocycles. The van der Waals surface area contributed by atoms with Crippen LogP contribution in [0.25, 0.3) is 0 Å². The van der Waals surface area contributed by atoms with E-state index in [4.69, 9.17) is 11.6 Å².